The van der Waals surface area contributed by atoms with Crippen LogP contribution >= 0.6 is 0 Å². The van der Waals surface area contributed by atoms with E-state index in [0.717, 1.165) is 44.8 Å². The molecular weight excluding hydrogens is 214 g/mol. The first-order valence-corrected chi connectivity index (χ1v) is 5.99. The lowest BCUT2D eigenvalue weighted by Gasteiger charge is -2.19. The zero-order valence-electron chi connectivity index (χ0n) is 9.98. The summed E-state index contributed by atoms with van der Waals surface area (Å²) < 4.78 is 5.43. The second kappa shape index (κ2) is 5.80. The minimum absolute atomic E-state index is 0.125. The van der Waals surface area contributed by atoms with Gasteiger partial charge in [-0.05, 0) is 12.0 Å². The fourth-order valence-electron chi connectivity index (χ4n) is 2.00. The molecule has 1 fully saturated rings. The van der Waals surface area contributed by atoms with Crippen LogP contribution in [0.4, 0.5) is 0 Å². The molecule has 0 radical (unpaired) electrons. The lowest BCUT2D eigenvalue weighted by atomic mass is 10.1. The van der Waals surface area contributed by atoms with Crippen LogP contribution in [0.15, 0.2) is 24.3 Å². The zero-order valence-corrected chi connectivity index (χ0v) is 9.98. The Kier molecular flexibility index (Phi) is 4.12. The van der Waals surface area contributed by atoms with Gasteiger partial charge in [0.25, 0.3) is 0 Å². The maximum Gasteiger partial charge on any atom is 0.122 e. The summed E-state index contributed by atoms with van der Waals surface area (Å²) in [4.78, 5) is 2.40. The maximum absolute atomic E-state index is 7.34. The third-order valence-corrected chi connectivity index (χ3v) is 2.99. The molecule has 0 atom stereocenters. The smallest absolute Gasteiger partial charge is 0.122 e. The molecule has 1 saturated heterocycles. The van der Waals surface area contributed by atoms with Gasteiger partial charge >= 0.3 is 0 Å². The highest BCUT2D eigenvalue weighted by Crippen LogP contribution is 2.09. The molecule has 1 aliphatic heterocycles. The van der Waals surface area contributed by atoms with Gasteiger partial charge in [-0.3, -0.25) is 10.3 Å². The molecular formula is C13H19N3O. The van der Waals surface area contributed by atoms with Crippen molar-refractivity contribution in [2.24, 2.45) is 5.73 Å². The van der Waals surface area contributed by atoms with Crippen LogP contribution < -0.4 is 5.73 Å². The van der Waals surface area contributed by atoms with Crippen molar-refractivity contribution in [2.75, 3.05) is 26.3 Å². The predicted octanol–water partition coefficient (Wildman–Crippen LogP) is 1.19. The minimum atomic E-state index is 0.125. The van der Waals surface area contributed by atoms with Crippen LogP contribution in [0.2, 0.25) is 0 Å². The molecule has 0 aromatic heterocycles. The Morgan fingerprint density at radius 1 is 1.24 bits per heavy atom. The van der Waals surface area contributed by atoms with Gasteiger partial charge < -0.3 is 10.5 Å². The summed E-state index contributed by atoms with van der Waals surface area (Å²) in [5.41, 5.74) is 7.47. The van der Waals surface area contributed by atoms with E-state index in [1.165, 1.54) is 5.56 Å². The molecule has 0 aliphatic carbocycles. The van der Waals surface area contributed by atoms with E-state index < -0.39 is 0 Å². The van der Waals surface area contributed by atoms with Gasteiger partial charge in [-0.1, -0.05) is 24.3 Å². The highest BCUT2D eigenvalue weighted by atomic mass is 16.5. The Bertz CT molecular complexity index is 367. The molecule has 1 aromatic rings. The van der Waals surface area contributed by atoms with Crippen molar-refractivity contribution >= 4 is 5.84 Å². The summed E-state index contributed by atoms with van der Waals surface area (Å²) in [5, 5.41) is 7.34. The minimum Gasteiger partial charge on any atom is -0.384 e. The highest BCUT2D eigenvalue weighted by molar-refractivity contribution is 5.94. The highest BCUT2D eigenvalue weighted by Gasteiger charge is 2.09. The third-order valence-electron chi connectivity index (χ3n) is 2.99. The van der Waals surface area contributed by atoms with E-state index in [2.05, 4.69) is 4.90 Å². The fraction of sp³-hybridized carbons (Fsp3) is 0.462. The van der Waals surface area contributed by atoms with E-state index in [4.69, 9.17) is 15.9 Å². The molecule has 0 spiro atoms. The van der Waals surface area contributed by atoms with Gasteiger partial charge in [-0.25, -0.2) is 0 Å². The number of ether oxygens (including phenoxy) is 1. The van der Waals surface area contributed by atoms with Gasteiger partial charge in [-0.15, -0.1) is 0 Å². The number of nitrogens with one attached hydrogen (secondary N) is 1. The molecule has 3 N–H and O–H groups in total. The van der Waals surface area contributed by atoms with Crippen molar-refractivity contribution in [3.8, 4) is 0 Å². The topological polar surface area (TPSA) is 62.3 Å². The molecule has 1 aromatic carbocycles. The second-order valence-corrected chi connectivity index (χ2v) is 4.35. The predicted molar refractivity (Wildman–Crippen MR) is 68.2 cm³/mol. The Morgan fingerprint density at radius 3 is 2.71 bits per heavy atom. The molecule has 0 bridgehead atoms. The number of benzene rings is 1. The van der Waals surface area contributed by atoms with Gasteiger partial charge in [0.1, 0.15) is 5.84 Å². The molecule has 0 amide bonds. The van der Waals surface area contributed by atoms with E-state index >= 15 is 0 Å². The van der Waals surface area contributed by atoms with Crippen molar-refractivity contribution in [1.29, 1.82) is 5.41 Å². The number of rotatable bonds is 3. The van der Waals surface area contributed by atoms with E-state index in [9.17, 15) is 0 Å². The van der Waals surface area contributed by atoms with Crippen LogP contribution in [0.5, 0.6) is 0 Å². The summed E-state index contributed by atoms with van der Waals surface area (Å²) in [5.74, 6) is 0.125. The van der Waals surface area contributed by atoms with Crippen molar-refractivity contribution in [2.45, 2.75) is 13.0 Å². The van der Waals surface area contributed by atoms with Crippen LogP contribution in [-0.4, -0.2) is 37.0 Å². The van der Waals surface area contributed by atoms with Gasteiger partial charge in [0.2, 0.25) is 0 Å². The monoisotopic (exact) mass is 233 g/mol. The SMILES string of the molecule is N=C(N)c1ccc(CN2CCCOCC2)cc1. The quantitative estimate of drug-likeness (QED) is 0.609. The van der Waals surface area contributed by atoms with Crippen molar-refractivity contribution in [1.82, 2.24) is 4.90 Å². The van der Waals surface area contributed by atoms with E-state index in [1.54, 1.807) is 0 Å². The lowest BCUT2D eigenvalue weighted by molar-refractivity contribution is 0.140. The third kappa shape index (κ3) is 3.54. The first-order valence-electron chi connectivity index (χ1n) is 5.99. The largest absolute Gasteiger partial charge is 0.384 e. The average Bonchev–Trinajstić information content (AvgIpc) is 2.58. The summed E-state index contributed by atoms with van der Waals surface area (Å²) in [6.45, 7) is 4.73. The number of nitrogens with zero attached hydrogens (tertiary/aromatic N) is 1. The molecule has 4 nitrogen and oxygen atoms in total. The van der Waals surface area contributed by atoms with Crippen molar-refractivity contribution in [3.05, 3.63) is 35.4 Å². The molecule has 0 saturated carbocycles. The normalized spacial score (nSPS) is 17.6. The summed E-state index contributed by atoms with van der Waals surface area (Å²) in [6.07, 6.45) is 1.10. The van der Waals surface area contributed by atoms with E-state index in [0.29, 0.717) is 0 Å². The molecule has 92 valence electrons. The number of amidine groups is 1. The summed E-state index contributed by atoms with van der Waals surface area (Å²) >= 11 is 0. The number of hydrogen-bond donors (Lipinski definition) is 2. The van der Waals surface area contributed by atoms with E-state index in [-0.39, 0.29) is 5.84 Å². The standard InChI is InChI=1S/C13H19N3O/c14-13(15)12-4-2-11(3-5-12)10-16-6-1-8-17-9-7-16/h2-5H,1,6-10H2,(H3,14,15). The van der Waals surface area contributed by atoms with Crippen LogP contribution in [0.25, 0.3) is 0 Å². The maximum atomic E-state index is 7.34. The van der Waals surface area contributed by atoms with Crippen molar-refractivity contribution < 1.29 is 4.74 Å². The van der Waals surface area contributed by atoms with Gasteiger partial charge in [0, 0.05) is 31.8 Å². The Balaban J connectivity index is 1.95. The average molecular weight is 233 g/mol. The van der Waals surface area contributed by atoms with Crippen LogP contribution in [0, 0.1) is 5.41 Å². The van der Waals surface area contributed by atoms with Crippen LogP contribution in [0.1, 0.15) is 17.5 Å². The lowest BCUT2D eigenvalue weighted by Crippen LogP contribution is -2.25. The van der Waals surface area contributed by atoms with E-state index in [1.807, 2.05) is 24.3 Å². The molecule has 2 rings (SSSR count). The Labute approximate surface area is 102 Å². The first-order chi connectivity index (χ1) is 8.25. The molecule has 1 aliphatic rings. The first kappa shape index (κ1) is 12.1. The van der Waals surface area contributed by atoms with Gasteiger partial charge in [0.05, 0.1) is 6.61 Å². The van der Waals surface area contributed by atoms with Crippen LogP contribution in [0.3, 0.4) is 0 Å². The molecule has 0 unspecified atom stereocenters. The van der Waals surface area contributed by atoms with Crippen molar-refractivity contribution in [3.63, 3.8) is 0 Å². The molecule has 17 heavy (non-hydrogen) atoms. The summed E-state index contributed by atoms with van der Waals surface area (Å²) in [7, 11) is 0. The second-order valence-electron chi connectivity index (χ2n) is 4.35. The number of nitrogens with two attached hydrogens (primary N) is 1. The van der Waals surface area contributed by atoms with Crippen LogP contribution in [-0.2, 0) is 11.3 Å². The zero-order chi connectivity index (χ0) is 12.1. The van der Waals surface area contributed by atoms with Gasteiger partial charge in [0.15, 0.2) is 0 Å². The molecule has 1 heterocycles. The van der Waals surface area contributed by atoms with Gasteiger partial charge in [-0.2, -0.15) is 0 Å². The fourth-order valence-corrected chi connectivity index (χ4v) is 2.00. The Hall–Kier alpha value is -1.39. The molecule has 4 heteroatoms. The number of nitrogen functional groups attached to an aromatic ring is 1. The Morgan fingerprint density at radius 2 is 2.00 bits per heavy atom. The summed E-state index contributed by atoms with van der Waals surface area (Å²) in [6, 6.07) is 7.91. The number of hydrogen-bond acceptors (Lipinski definition) is 3.